The molecule has 0 radical (unpaired) electrons. The number of nitrogen functional groups attached to an aromatic ring is 4. The van der Waals surface area contributed by atoms with Gasteiger partial charge in [-0.1, -0.05) is 52.0 Å². The number of carbonyl (C=O) groups excluding carboxylic acids is 3. The zero-order valence-electron chi connectivity index (χ0n) is 66.7. The number of amides is 1. The Labute approximate surface area is 693 Å². The van der Waals surface area contributed by atoms with Crippen molar-refractivity contribution in [2.24, 2.45) is 17.6 Å². The molecule has 0 aromatic carbocycles. The highest BCUT2D eigenvalue weighted by Gasteiger charge is 2.59. The molecular weight excluding hydrogens is 1650 g/mol. The number of aliphatic hydroxyl groups excluding tert-OH is 6. The Morgan fingerprint density at radius 2 is 0.752 bits per heavy atom. The van der Waals surface area contributed by atoms with E-state index in [-0.39, 0.29) is 150 Å². The predicted octanol–water partition coefficient (Wildman–Crippen LogP) is -5.25. The Bertz CT molecular complexity index is 5750. The summed E-state index contributed by atoms with van der Waals surface area (Å²) >= 11 is 0. The van der Waals surface area contributed by atoms with Gasteiger partial charge in [0.05, 0.1) is 13.2 Å². The summed E-state index contributed by atoms with van der Waals surface area (Å²) in [6, 6.07) is -1.71. The Hall–Kier alpha value is -10.8. The number of ether oxygens (including phenoxy) is 10. The van der Waals surface area contributed by atoms with Crippen LogP contribution in [0.3, 0.4) is 0 Å². The second-order valence-corrected chi connectivity index (χ2v) is 29.9. The number of allylic oxidation sites excluding steroid dienone is 4. The monoisotopic (exact) mass is 1750 g/mol. The number of nitrogens with one attached hydrogen (secondary N) is 5. The van der Waals surface area contributed by atoms with E-state index in [0.29, 0.717) is 0 Å². The lowest BCUT2D eigenvalue weighted by atomic mass is 10.0. The number of carbonyl (C=O) groups is 3. The first kappa shape index (κ1) is 94.0. The van der Waals surface area contributed by atoms with Crippen molar-refractivity contribution >= 4 is 111 Å². The summed E-state index contributed by atoms with van der Waals surface area (Å²) in [6.45, 7) is 28.3. The molecule has 6 aliphatic rings. The number of hydrogen-bond donors (Lipinski definition) is 16. The van der Waals surface area contributed by atoms with Crippen molar-refractivity contribution in [3.63, 3.8) is 0 Å². The number of rotatable bonds is 23. The van der Waals surface area contributed by atoms with Gasteiger partial charge in [-0.3, -0.25) is 67.0 Å². The first-order chi connectivity index (χ1) is 56.1. The average Bonchev–Trinajstić information content (AvgIpc) is 1.57. The minimum absolute atomic E-state index is 0. The molecule has 2 unspecified atom stereocenters. The van der Waals surface area contributed by atoms with Crippen LogP contribution in [0.5, 0.6) is 0 Å². The van der Waals surface area contributed by atoms with Crippen molar-refractivity contribution in [2.75, 3.05) is 49.4 Å². The smallest absolute Gasteiger partial charge is 0.333 e. The van der Waals surface area contributed by atoms with Gasteiger partial charge in [0.2, 0.25) is 29.7 Å². The van der Waals surface area contributed by atoms with Gasteiger partial charge in [0.15, 0.2) is 81.1 Å². The van der Waals surface area contributed by atoms with E-state index in [1.807, 2.05) is 0 Å². The van der Waals surface area contributed by atoms with E-state index in [9.17, 15) is 83.4 Å². The highest BCUT2D eigenvalue weighted by atomic mass is 35.5. The third-order valence-corrected chi connectivity index (χ3v) is 19.9. The number of aromatic nitrogens is 16. The summed E-state index contributed by atoms with van der Waals surface area (Å²) in [7, 11) is 0. The molecule has 18 atom stereocenters. The van der Waals surface area contributed by atoms with Crippen LogP contribution in [0.15, 0.2) is 89.0 Å². The van der Waals surface area contributed by atoms with E-state index in [4.69, 9.17) is 76.0 Å². The summed E-state index contributed by atoms with van der Waals surface area (Å²) in [5.74, 6) is -4.76. The number of nitrogens with zero attached hydrogens (tertiary/aromatic N) is 12. The summed E-state index contributed by atoms with van der Waals surface area (Å²) < 4.78 is 66.4. The highest BCUT2D eigenvalue weighted by molar-refractivity contribution is 5.86. The van der Waals surface area contributed by atoms with Crippen molar-refractivity contribution in [1.29, 1.82) is 0 Å². The molecule has 121 heavy (non-hydrogen) atoms. The van der Waals surface area contributed by atoms with Crippen LogP contribution in [0.4, 0.5) is 23.8 Å². The molecule has 0 saturated carbocycles. The number of hydrogen-bond acceptors (Lipinski definition) is 36. The van der Waals surface area contributed by atoms with E-state index >= 15 is 0 Å². The van der Waals surface area contributed by atoms with Crippen LogP contribution >= 0.6 is 24.8 Å². The Morgan fingerprint density at radius 3 is 1.07 bits per heavy atom. The van der Waals surface area contributed by atoms with Gasteiger partial charge in [0.25, 0.3) is 22.2 Å². The molecule has 49 nitrogen and oxygen atoms in total. The normalized spacial score (nSPS) is 25.9. The van der Waals surface area contributed by atoms with Crippen molar-refractivity contribution in [1.82, 2.24) is 81.7 Å². The molecule has 1 amide bonds. The predicted molar refractivity (Wildman–Crippen MR) is 430 cm³/mol. The number of esters is 2. The van der Waals surface area contributed by atoms with Gasteiger partial charge in [0.1, 0.15) is 98.5 Å². The third-order valence-electron chi connectivity index (χ3n) is 19.9. The van der Waals surface area contributed by atoms with Gasteiger partial charge >= 0.3 is 34.7 Å². The quantitative estimate of drug-likeness (QED) is 0.0210. The van der Waals surface area contributed by atoms with Crippen LogP contribution in [0.2, 0.25) is 0 Å². The molecular formula is C70H98Cl2N22O27. The number of anilines is 4. The van der Waals surface area contributed by atoms with Crippen LogP contribution in [-0.2, 0) is 87.9 Å². The second-order valence-electron chi connectivity index (χ2n) is 29.9. The van der Waals surface area contributed by atoms with Crippen molar-refractivity contribution in [3.05, 3.63) is 134 Å². The fraction of sp³-hybridized carbons (Fsp3) is 0.557. The molecule has 14 heterocycles. The van der Waals surface area contributed by atoms with Gasteiger partial charge < -0.3 is 112 Å². The van der Waals surface area contributed by atoms with Crippen LogP contribution in [0.1, 0.15) is 87.2 Å². The van der Waals surface area contributed by atoms with Crippen molar-refractivity contribution < 1.29 is 92.4 Å². The summed E-state index contributed by atoms with van der Waals surface area (Å²) in [4.78, 5) is 164. The summed E-state index contributed by atoms with van der Waals surface area (Å²) in [6.07, 6.45) is -11.4. The fourth-order valence-electron chi connectivity index (χ4n) is 14.6. The zero-order chi connectivity index (χ0) is 87.4. The minimum atomic E-state index is -1.58. The maximum Gasteiger partial charge on any atom is 0.333 e. The second kappa shape index (κ2) is 37.2. The molecule has 6 fully saturated rings. The maximum absolute atomic E-state index is 13.5. The standard InChI is InChI=1S/C23H32N6O8.C18H26N6O7.C16H21N5O6.C13H17N5O6.2ClH/c1-7-8-28-14-17(26-21(24)27-18(14)31)29(22(28)33)19-16-15(36-23(5,6)37-16)12(35-19)9-34-20(32)13(10(2)3)25-11(4)30;1-4-5-23-10-13(21-17(20)22-14(10)27)24(18(23)29)15-12(26)11(25)8(31-15)6-30-16(28)9(19)7(2)3;1-4-5-20-8-11(18-14(17)19-12(8)23)21(15(20)24)13-10-9(7(6-22)25-13)26-16(2,3)27-10;1-2-3-17-6-9(15-12(14)16-10(6)22)18(13(17)23)11-8(21)7(20)5(4-19)24-11;;/h7,10,12-13,15-16,19H,1,8-9H2,2-6H3,(H,25,30)(H3,24,26,27,31);4,7-9,11-12,15,25-26H,1,5-6,19H2,2-3H3,(H3,20,21,22,27);4,7,9-10,13,22H,1,5-6H2,2-3H3,(H3,17,18,19,23);2,5,7-8,11,19-21H,1,3-4H2,(H3,14,15,16,22);2*1H/t12-,13+,15-,16?,19-;8-,9+,11-,12-,15-;7-,9-,10?,13-;5-,7-,8-,11-;;/m1111../s1. The molecule has 21 N–H and O–H groups in total. The van der Waals surface area contributed by atoms with Crippen LogP contribution in [-0.4, -0.2) is 248 Å². The first-order valence-electron chi connectivity index (χ1n) is 37.2. The number of halogens is 2. The summed E-state index contributed by atoms with van der Waals surface area (Å²) in [5.41, 5.74) is 23.1. The Kier molecular flexibility index (Phi) is 28.9. The lowest BCUT2D eigenvalue weighted by molar-refractivity contribution is -0.202. The molecule has 6 saturated heterocycles. The molecule has 0 aliphatic carbocycles. The summed E-state index contributed by atoms with van der Waals surface area (Å²) in [5, 5.41) is 62.4. The van der Waals surface area contributed by atoms with E-state index in [1.165, 1.54) is 49.5 Å². The number of imidazole rings is 4. The minimum Gasteiger partial charge on any atom is -0.462 e. The molecule has 664 valence electrons. The molecule has 0 spiro atoms. The van der Waals surface area contributed by atoms with Gasteiger partial charge in [-0.15, -0.1) is 51.1 Å². The molecule has 14 rings (SSSR count). The lowest BCUT2D eigenvalue weighted by Gasteiger charge is -2.25. The van der Waals surface area contributed by atoms with Gasteiger partial charge in [-0.05, 0) is 39.5 Å². The fourth-order valence-corrected chi connectivity index (χ4v) is 14.6. The zero-order valence-corrected chi connectivity index (χ0v) is 68.3. The molecule has 51 heteroatoms. The Morgan fingerprint density at radius 1 is 0.463 bits per heavy atom. The number of aliphatic hydroxyl groups is 6. The van der Waals surface area contributed by atoms with Gasteiger partial charge in [-0.25, -0.2) is 42.2 Å². The lowest BCUT2D eigenvalue weighted by Crippen LogP contribution is -2.45. The van der Waals surface area contributed by atoms with E-state index < -0.39 is 192 Å². The topological polar surface area (TPSA) is 698 Å². The van der Waals surface area contributed by atoms with Crippen LogP contribution in [0, 0.1) is 11.8 Å². The number of aromatic amines is 4. The Balaban J connectivity index is 0.000000184. The number of fused-ring (bicyclic) bond motifs is 6. The number of nitrogens with two attached hydrogens (primary N) is 5. The van der Waals surface area contributed by atoms with Gasteiger partial charge in [-0.2, -0.15) is 19.9 Å². The van der Waals surface area contributed by atoms with E-state index in [2.05, 4.69) is 71.5 Å². The first-order valence-corrected chi connectivity index (χ1v) is 37.2. The SMILES string of the molecule is C=CCn1c(=O)n([C@@H]2O[C@H](CO)[C@@H](O)[C@H]2O)c2nc(N)[nH]c(=O)c21.C=CCn1c(=O)n([C@@H]2O[C@H](CO)[C@H]3OC(C)(C)OC23)c2nc(N)[nH]c(=O)c21.C=CCn1c(=O)n([C@@H]2O[C@H](COC(=O)[C@@H](N)C(C)C)[C@@H](O)[C@H]2O)c2nc(N)[nH]c(=O)c21.C=CCn1c(=O)n([C@@H]2O[C@H](COC(=O)[C@@H](NC(C)=O)C(C)C)[C@H]3OC(C)(C)OC23)c2nc(N)[nH]c(=O)c21.Cl.Cl. The van der Waals surface area contributed by atoms with Crippen LogP contribution in [0.25, 0.3) is 44.7 Å². The third kappa shape index (κ3) is 18.1. The maximum atomic E-state index is 13.5. The average molecular weight is 1750 g/mol. The number of H-pyrrole nitrogens is 4. The van der Waals surface area contributed by atoms with E-state index in [0.717, 1.165) is 18.3 Å². The molecule has 8 aromatic rings. The van der Waals surface area contributed by atoms with Gasteiger partial charge in [0, 0.05) is 33.1 Å². The molecule has 0 bridgehead atoms. The molecule has 8 aromatic heterocycles. The largest absolute Gasteiger partial charge is 0.462 e. The van der Waals surface area contributed by atoms with E-state index in [1.54, 1.807) is 55.4 Å². The van der Waals surface area contributed by atoms with Crippen molar-refractivity contribution in [3.8, 4) is 0 Å². The van der Waals surface area contributed by atoms with Crippen LogP contribution < -0.4 is 79.0 Å². The van der Waals surface area contributed by atoms with Crippen molar-refractivity contribution in [2.45, 2.75) is 210 Å². The molecule has 6 aliphatic heterocycles. The highest BCUT2D eigenvalue weighted by Crippen LogP contribution is 2.45.